The van der Waals surface area contributed by atoms with Crippen LogP contribution in [0.1, 0.15) is 42.9 Å². The molecule has 2 aromatic rings. The summed E-state index contributed by atoms with van der Waals surface area (Å²) in [4.78, 5) is 26.9. The van der Waals surface area contributed by atoms with Crippen molar-refractivity contribution in [1.29, 1.82) is 0 Å². The number of carbonyl (C=O) groups is 1. The van der Waals surface area contributed by atoms with Crippen LogP contribution in [0, 0.1) is 6.92 Å². The standard InChI is InChI=1S/C17H21N5O/c1-12-5-3-7-17(20-12)22-8-4-6-16(22)15-11-18-9-14(21-15)10-19-13(2)23/h3,5,7,9,11,16H,4,6,8,10H2,1-2H3,(H,19,23)/t16-/m0/s1. The maximum atomic E-state index is 11.1. The van der Waals surface area contributed by atoms with E-state index in [1.54, 1.807) is 6.20 Å². The molecule has 0 aromatic carbocycles. The van der Waals surface area contributed by atoms with Crippen LogP contribution < -0.4 is 10.2 Å². The van der Waals surface area contributed by atoms with Gasteiger partial charge in [-0.15, -0.1) is 0 Å². The number of hydrogen-bond donors (Lipinski definition) is 1. The summed E-state index contributed by atoms with van der Waals surface area (Å²) in [5.74, 6) is 0.922. The number of nitrogens with zero attached hydrogens (tertiary/aromatic N) is 4. The van der Waals surface area contributed by atoms with Crippen LogP contribution in [0.2, 0.25) is 0 Å². The van der Waals surface area contributed by atoms with Gasteiger partial charge in [0.25, 0.3) is 0 Å². The molecule has 120 valence electrons. The second kappa shape index (κ2) is 6.73. The fourth-order valence-corrected chi connectivity index (χ4v) is 2.92. The Morgan fingerprint density at radius 3 is 3.00 bits per heavy atom. The van der Waals surface area contributed by atoms with Crippen LogP contribution in [0.4, 0.5) is 5.82 Å². The van der Waals surface area contributed by atoms with Gasteiger partial charge in [-0.25, -0.2) is 4.98 Å². The Kier molecular flexibility index (Phi) is 4.50. The number of hydrogen-bond acceptors (Lipinski definition) is 5. The maximum Gasteiger partial charge on any atom is 0.217 e. The molecular weight excluding hydrogens is 290 g/mol. The first-order chi connectivity index (χ1) is 11.1. The molecule has 2 aromatic heterocycles. The van der Waals surface area contributed by atoms with Crippen molar-refractivity contribution in [3.63, 3.8) is 0 Å². The van der Waals surface area contributed by atoms with Crippen molar-refractivity contribution in [1.82, 2.24) is 20.3 Å². The number of pyridine rings is 1. The molecule has 3 rings (SSSR count). The molecule has 1 amide bonds. The van der Waals surface area contributed by atoms with E-state index in [0.29, 0.717) is 6.54 Å². The van der Waals surface area contributed by atoms with E-state index >= 15 is 0 Å². The first-order valence-corrected chi connectivity index (χ1v) is 7.89. The van der Waals surface area contributed by atoms with Gasteiger partial charge in [-0.05, 0) is 31.9 Å². The molecule has 23 heavy (non-hydrogen) atoms. The molecule has 0 radical (unpaired) electrons. The third-order valence-corrected chi connectivity index (χ3v) is 3.98. The average molecular weight is 311 g/mol. The molecule has 1 atom stereocenters. The molecular formula is C17H21N5O. The Bertz CT molecular complexity index is 703. The lowest BCUT2D eigenvalue weighted by atomic mass is 10.1. The zero-order valence-electron chi connectivity index (χ0n) is 13.5. The molecule has 0 unspecified atom stereocenters. The van der Waals surface area contributed by atoms with Crippen LogP contribution in [0.15, 0.2) is 30.6 Å². The number of anilines is 1. The normalized spacial score (nSPS) is 17.3. The number of nitrogens with one attached hydrogen (secondary N) is 1. The number of carbonyl (C=O) groups excluding carboxylic acids is 1. The van der Waals surface area contributed by atoms with Gasteiger partial charge >= 0.3 is 0 Å². The molecule has 6 heteroatoms. The van der Waals surface area contributed by atoms with Crippen molar-refractivity contribution in [3.8, 4) is 0 Å². The van der Waals surface area contributed by atoms with Gasteiger partial charge in [0.05, 0.1) is 36.4 Å². The highest BCUT2D eigenvalue weighted by Crippen LogP contribution is 2.34. The zero-order chi connectivity index (χ0) is 16.2. The number of aryl methyl sites for hydroxylation is 1. The smallest absolute Gasteiger partial charge is 0.217 e. The van der Waals surface area contributed by atoms with E-state index in [4.69, 9.17) is 0 Å². The summed E-state index contributed by atoms with van der Waals surface area (Å²) in [5.41, 5.74) is 2.73. The predicted octanol–water partition coefficient (Wildman–Crippen LogP) is 2.16. The topological polar surface area (TPSA) is 71.0 Å². The van der Waals surface area contributed by atoms with Gasteiger partial charge in [0, 0.05) is 19.2 Å². The SMILES string of the molecule is CC(=O)NCc1cncc([C@@H]2CCCN2c2cccc(C)n2)n1. The van der Waals surface area contributed by atoms with Gasteiger partial charge < -0.3 is 10.2 Å². The molecule has 3 heterocycles. The van der Waals surface area contributed by atoms with Gasteiger partial charge in [0.1, 0.15) is 5.82 Å². The van der Waals surface area contributed by atoms with Crippen molar-refractivity contribution in [2.75, 3.05) is 11.4 Å². The van der Waals surface area contributed by atoms with Crippen molar-refractivity contribution < 1.29 is 4.79 Å². The van der Waals surface area contributed by atoms with E-state index < -0.39 is 0 Å². The van der Waals surface area contributed by atoms with Crippen LogP contribution in [-0.4, -0.2) is 27.4 Å². The zero-order valence-corrected chi connectivity index (χ0v) is 13.5. The second-order valence-electron chi connectivity index (χ2n) is 5.83. The third-order valence-electron chi connectivity index (χ3n) is 3.98. The van der Waals surface area contributed by atoms with Crippen LogP contribution in [0.3, 0.4) is 0 Å². The van der Waals surface area contributed by atoms with Crippen LogP contribution in [0.25, 0.3) is 0 Å². The highest BCUT2D eigenvalue weighted by Gasteiger charge is 2.28. The minimum atomic E-state index is -0.0661. The summed E-state index contributed by atoms with van der Waals surface area (Å²) < 4.78 is 0. The molecule has 1 fully saturated rings. The molecule has 1 aliphatic rings. The Labute approximate surface area is 136 Å². The van der Waals surface area contributed by atoms with Crippen molar-refractivity contribution in [2.45, 2.75) is 39.3 Å². The van der Waals surface area contributed by atoms with E-state index in [9.17, 15) is 4.79 Å². The van der Waals surface area contributed by atoms with Gasteiger partial charge in [0.15, 0.2) is 0 Å². The maximum absolute atomic E-state index is 11.1. The van der Waals surface area contributed by atoms with E-state index in [1.165, 1.54) is 6.92 Å². The lowest BCUT2D eigenvalue weighted by Gasteiger charge is -2.25. The minimum absolute atomic E-state index is 0.0661. The number of amides is 1. The van der Waals surface area contributed by atoms with Gasteiger partial charge in [0.2, 0.25) is 5.91 Å². The fraction of sp³-hybridized carbons (Fsp3) is 0.412. The lowest BCUT2D eigenvalue weighted by molar-refractivity contribution is -0.119. The first-order valence-electron chi connectivity index (χ1n) is 7.89. The minimum Gasteiger partial charge on any atom is -0.351 e. The largest absolute Gasteiger partial charge is 0.351 e. The Hall–Kier alpha value is -2.50. The van der Waals surface area contributed by atoms with E-state index in [0.717, 1.165) is 42.3 Å². The molecule has 0 spiro atoms. The number of rotatable bonds is 4. The summed E-state index contributed by atoms with van der Waals surface area (Å²) in [6, 6.07) is 6.27. The van der Waals surface area contributed by atoms with Crippen molar-refractivity contribution in [2.24, 2.45) is 0 Å². The quantitative estimate of drug-likeness (QED) is 0.937. The first kappa shape index (κ1) is 15.4. The highest BCUT2D eigenvalue weighted by atomic mass is 16.1. The average Bonchev–Trinajstić information content (AvgIpc) is 3.03. The molecule has 0 aliphatic carbocycles. The third kappa shape index (κ3) is 3.64. The molecule has 1 N–H and O–H groups in total. The molecule has 0 bridgehead atoms. The van der Waals surface area contributed by atoms with Crippen LogP contribution >= 0.6 is 0 Å². The highest BCUT2D eigenvalue weighted by molar-refractivity contribution is 5.72. The van der Waals surface area contributed by atoms with Crippen LogP contribution in [-0.2, 0) is 11.3 Å². The van der Waals surface area contributed by atoms with E-state index in [-0.39, 0.29) is 11.9 Å². The molecule has 0 saturated carbocycles. The van der Waals surface area contributed by atoms with E-state index in [1.807, 2.05) is 31.3 Å². The summed E-state index contributed by atoms with van der Waals surface area (Å²) in [6.45, 7) is 4.88. The summed E-state index contributed by atoms with van der Waals surface area (Å²) in [6.07, 6.45) is 5.66. The van der Waals surface area contributed by atoms with Gasteiger partial charge in [-0.3, -0.25) is 14.8 Å². The Morgan fingerprint density at radius 2 is 2.22 bits per heavy atom. The number of aromatic nitrogens is 3. The van der Waals surface area contributed by atoms with E-state index in [2.05, 4.69) is 25.2 Å². The predicted molar refractivity (Wildman–Crippen MR) is 87.8 cm³/mol. The molecule has 1 aliphatic heterocycles. The van der Waals surface area contributed by atoms with Crippen molar-refractivity contribution >= 4 is 11.7 Å². The summed E-state index contributed by atoms with van der Waals surface area (Å²) in [5, 5.41) is 2.76. The monoisotopic (exact) mass is 311 g/mol. The molecule has 1 saturated heterocycles. The Morgan fingerprint density at radius 1 is 1.35 bits per heavy atom. The summed E-state index contributed by atoms with van der Waals surface area (Å²) >= 11 is 0. The van der Waals surface area contributed by atoms with Gasteiger partial charge in [-0.2, -0.15) is 0 Å². The van der Waals surface area contributed by atoms with Gasteiger partial charge in [-0.1, -0.05) is 6.07 Å². The fourth-order valence-electron chi connectivity index (χ4n) is 2.92. The second-order valence-corrected chi connectivity index (χ2v) is 5.83. The molecule has 6 nitrogen and oxygen atoms in total. The Balaban J connectivity index is 1.82. The summed E-state index contributed by atoms with van der Waals surface area (Å²) in [7, 11) is 0. The van der Waals surface area contributed by atoms with Crippen LogP contribution in [0.5, 0.6) is 0 Å². The lowest BCUT2D eigenvalue weighted by Crippen LogP contribution is -2.25. The van der Waals surface area contributed by atoms with Crippen molar-refractivity contribution in [3.05, 3.63) is 47.7 Å².